The SMILES string of the molecule is C\C=C(/C=C\C(=C/C)CBr)CC(C)=O. The van der Waals surface area contributed by atoms with Crippen molar-refractivity contribution in [1.82, 2.24) is 0 Å². The van der Waals surface area contributed by atoms with E-state index in [1.165, 1.54) is 5.57 Å². The first-order chi connectivity index (χ1) is 6.63. The molecule has 0 amide bonds. The molecule has 0 spiro atoms. The number of hydrogen-bond donors (Lipinski definition) is 0. The minimum absolute atomic E-state index is 0.198. The van der Waals surface area contributed by atoms with E-state index in [0.29, 0.717) is 6.42 Å². The maximum Gasteiger partial charge on any atom is 0.134 e. The molecule has 78 valence electrons. The predicted molar refractivity (Wildman–Crippen MR) is 65.7 cm³/mol. The molecule has 0 aromatic carbocycles. The molecular weight excluding hydrogens is 240 g/mol. The minimum Gasteiger partial charge on any atom is -0.300 e. The van der Waals surface area contributed by atoms with Crippen molar-refractivity contribution in [2.75, 3.05) is 5.33 Å². The summed E-state index contributed by atoms with van der Waals surface area (Å²) in [5, 5.41) is 0.844. The zero-order valence-electron chi connectivity index (χ0n) is 9.01. The lowest BCUT2D eigenvalue weighted by molar-refractivity contribution is -0.116. The Morgan fingerprint density at radius 1 is 1.14 bits per heavy atom. The highest BCUT2D eigenvalue weighted by Gasteiger charge is 1.96. The van der Waals surface area contributed by atoms with E-state index in [1.54, 1.807) is 6.92 Å². The van der Waals surface area contributed by atoms with Crippen LogP contribution in [0.4, 0.5) is 0 Å². The third-order valence-corrected chi connectivity index (χ3v) is 2.51. The molecule has 1 nitrogen and oxygen atoms in total. The number of carbonyl (C=O) groups is 1. The molecule has 0 saturated carbocycles. The number of carbonyl (C=O) groups excluding carboxylic acids is 1. The molecule has 0 aromatic rings. The van der Waals surface area contributed by atoms with Crippen LogP contribution in [0.5, 0.6) is 0 Å². The number of allylic oxidation sites excluding steroid dienone is 6. The largest absolute Gasteiger partial charge is 0.300 e. The monoisotopic (exact) mass is 256 g/mol. The second kappa shape index (κ2) is 7.74. The van der Waals surface area contributed by atoms with Gasteiger partial charge in [0.2, 0.25) is 0 Å². The smallest absolute Gasteiger partial charge is 0.134 e. The minimum atomic E-state index is 0.198. The summed E-state index contributed by atoms with van der Waals surface area (Å²) < 4.78 is 0. The Kier molecular flexibility index (Phi) is 7.40. The molecule has 0 N–H and O–H groups in total. The fraction of sp³-hybridized carbons (Fsp3) is 0.417. The molecule has 0 heterocycles. The van der Waals surface area contributed by atoms with Gasteiger partial charge in [-0.2, -0.15) is 0 Å². The summed E-state index contributed by atoms with van der Waals surface area (Å²) in [6, 6.07) is 0. The van der Waals surface area contributed by atoms with Gasteiger partial charge in [-0.05, 0) is 31.9 Å². The number of Topliss-reactive ketones (excluding diaryl/α,β-unsaturated/α-hetero) is 1. The third-order valence-electron chi connectivity index (χ3n) is 1.86. The molecule has 0 fully saturated rings. The molecular formula is C12H17BrO. The van der Waals surface area contributed by atoms with Crippen molar-refractivity contribution in [3.05, 3.63) is 35.5 Å². The molecule has 14 heavy (non-hydrogen) atoms. The van der Waals surface area contributed by atoms with Crippen LogP contribution in [0.15, 0.2) is 35.5 Å². The standard InChI is InChI=1S/C12H17BrO/c1-4-11(8-10(3)14)6-7-12(5-2)9-13/h4-7H,8-9H2,1-3H3/b7-6-,11-4+,12-5+. The van der Waals surface area contributed by atoms with Crippen LogP contribution in [0.1, 0.15) is 27.2 Å². The Hall–Kier alpha value is -0.630. The van der Waals surface area contributed by atoms with Crippen LogP contribution < -0.4 is 0 Å². The summed E-state index contributed by atoms with van der Waals surface area (Å²) in [7, 11) is 0. The second-order valence-corrected chi connectivity index (χ2v) is 3.63. The normalized spacial score (nSPS) is 13.7. The van der Waals surface area contributed by atoms with E-state index in [4.69, 9.17) is 0 Å². The predicted octanol–water partition coefficient (Wildman–Crippen LogP) is 3.81. The molecule has 0 aliphatic heterocycles. The van der Waals surface area contributed by atoms with Gasteiger partial charge in [0.1, 0.15) is 5.78 Å². The van der Waals surface area contributed by atoms with Gasteiger partial charge in [-0.15, -0.1) is 0 Å². The summed E-state index contributed by atoms with van der Waals surface area (Å²) in [5.41, 5.74) is 2.28. The number of alkyl halides is 1. The molecule has 2 heteroatoms. The van der Waals surface area contributed by atoms with Gasteiger partial charge < -0.3 is 0 Å². The van der Waals surface area contributed by atoms with Crippen LogP contribution in [0, 0.1) is 0 Å². The maximum atomic E-state index is 10.9. The number of halogens is 1. The average molecular weight is 257 g/mol. The second-order valence-electron chi connectivity index (χ2n) is 3.07. The zero-order chi connectivity index (χ0) is 11.0. The van der Waals surface area contributed by atoms with Crippen molar-refractivity contribution >= 4 is 21.7 Å². The van der Waals surface area contributed by atoms with Gasteiger partial charge >= 0.3 is 0 Å². The fourth-order valence-electron chi connectivity index (χ4n) is 0.977. The van der Waals surface area contributed by atoms with E-state index < -0.39 is 0 Å². The first-order valence-corrected chi connectivity index (χ1v) is 5.80. The number of ketones is 1. The summed E-state index contributed by atoms with van der Waals surface area (Å²) in [6.45, 7) is 5.56. The average Bonchev–Trinajstić information content (AvgIpc) is 2.17. The summed E-state index contributed by atoms with van der Waals surface area (Å²) >= 11 is 3.39. The highest BCUT2D eigenvalue weighted by molar-refractivity contribution is 9.09. The lowest BCUT2D eigenvalue weighted by atomic mass is 10.1. The highest BCUT2D eigenvalue weighted by Crippen LogP contribution is 2.08. The van der Waals surface area contributed by atoms with Crippen LogP contribution >= 0.6 is 15.9 Å². The number of hydrogen-bond acceptors (Lipinski definition) is 1. The lowest BCUT2D eigenvalue weighted by Crippen LogP contribution is -1.91. The fourth-order valence-corrected chi connectivity index (χ4v) is 1.49. The van der Waals surface area contributed by atoms with Crippen LogP contribution in [-0.2, 0) is 4.79 Å². The van der Waals surface area contributed by atoms with Gasteiger partial charge in [-0.3, -0.25) is 4.79 Å². The van der Waals surface area contributed by atoms with E-state index in [2.05, 4.69) is 15.9 Å². The van der Waals surface area contributed by atoms with Gasteiger partial charge in [0, 0.05) is 11.8 Å². The summed E-state index contributed by atoms with van der Waals surface area (Å²) in [5.74, 6) is 0.198. The Labute approximate surface area is 94.7 Å². The summed E-state index contributed by atoms with van der Waals surface area (Å²) in [6.07, 6.45) is 8.57. The van der Waals surface area contributed by atoms with E-state index in [1.807, 2.05) is 38.2 Å². The van der Waals surface area contributed by atoms with Gasteiger partial charge in [-0.1, -0.05) is 40.2 Å². The first kappa shape index (κ1) is 13.4. The lowest BCUT2D eigenvalue weighted by Gasteiger charge is -1.98. The van der Waals surface area contributed by atoms with Crippen molar-refractivity contribution in [3.8, 4) is 0 Å². The highest BCUT2D eigenvalue weighted by atomic mass is 79.9. The van der Waals surface area contributed by atoms with Gasteiger partial charge in [0.05, 0.1) is 0 Å². The van der Waals surface area contributed by atoms with Gasteiger partial charge in [0.25, 0.3) is 0 Å². The molecule has 0 radical (unpaired) electrons. The van der Waals surface area contributed by atoms with Crippen LogP contribution in [0.2, 0.25) is 0 Å². The maximum absolute atomic E-state index is 10.9. The molecule has 0 atom stereocenters. The summed E-state index contributed by atoms with van der Waals surface area (Å²) in [4.78, 5) is 10.9. The van der Waals surface area contributed by atoms with Crippen molar-refractivity contribution < 1.29 is 4.79 Å². The van der Waals surface area contributed by atoms with E-state index in [9.17, 15) is 4.79 Å². The molecule has 0 aliphatic rings. The van der Waals surface area contributed by atoms with E-state index in [0.717, 1.165) is 10.9 Å². The first-order valence-electron chi connectivity index (χ1n) is 4.67. The Morgan fingerprint density at radius 2 is 1.64 bits per heavy atom. The van der Waals surface area contributed by atoms with Crippen LogP contribution in [0.3, 0.4) is 0 Å². The van der Waals surface area contributed by atoms with E-state index in [-0.39, 0.29) is 5.78 Å². The van der Waals surface area contributed by atoms with Crippen molar-refractivity contribution in [2.24, 2.45) is 0 Å². The molecule has 0 rings (SSSR count). The van der Waals surface area contributed by atoms with E-state index >= 15 is 0 Å². The Balaban J connectivity index is 4.39. The van der Waals surface area contributed by atoms with Crippen LogP contribution in [-0.4, -0.2) is 11.1 Å². The Bertz CT molecular complexity index is 272. The molecule has 0 bridgehead atoms. The van der Waals surface area contributed by atoms with Crippen molar-refractivity contribution in [3.63, 3.8) is 0 Å². The molecule has 0 aromatic heterocycles. The van der Waals surface area contributed by atoms with Crippen molar-refractivity contribution in [1.29, 1.82) is 0 Å². The van der Waals surface area contributed by atoms with Gasteiger partial charge in [0.15, 0.2) is 0 Å². The zero-order valence-corrected chi connectivity index (χ0v) is 10.6. The Morgan fingerprint density at radius 3 is 2.00 bits per heavy atom. The van der Waals surface area contributed by atoms with Gasteiger partial charge in [-0.25, -0.2) is 0 Å². The van der Waals surface area contributed by atoms with Crippen molar-refractivity contribution in [2.45, 2.75) is 27.2 Å². The molecule has 0 unspecified atom stereocenters. The quantitative estimate of drug-likeness (QED) is 0.540. The third kappa shape index (κ3) is 5.92. The molecule has 0 saturated heterocycles. The number of rotatable bonds is 5. The topological polar surface area (TPSA) is 17.1 Å². The van der Waals surface area contributed by atoms with Crippen LogP contribution in [0.25, 0.3) is 0 Å². The molecule has 0 aliphatic carbocycles.